The minimum Gasteiger partial charge on any atom is -0.468 e. The Bertz CT molecular complexity index is 465. The van der Waals surface area contributed by atoms with Gasteiger partial charge in [0, 0.05) is 25.2 Å². The van der Waals surface area contributed by atoms with Crippen LogP contribution < -0.4 is 10.1 Å². The largest absolute Gasteiger partial charge is 0.468 e. The van der Waals surface area contributed by atoms with E-state index in [1.54, 1.807) is 6.07 Å². The van der Waals surface area contributed by atoms with Gasteiger partial charge in [-0.3, -0.25) is 4.79 Å². The smallest absolute Gasteiger partial charge is 0.422 e. The number of aromatic nitrogens is 1. The Kier molecular flexibility index (Phi) is 5.57. The van der Waals surface area contributed by atoms with Crippen LogP contribution in [0.3, 0.4) is 0 Å². The third-order valence-electron chi connectivity index (χ3n) is 2.36. The van der Waals surface area contributed by atoms with E-state index < -0.39 is 12.8 Å². The molecule has 0 bridgehead atoms. The van der Waals surface area contributed by atoms with Crippen LogP contribution in [-0.4, -0.2) is 23.7 Å². The topological polar surface area (TPSA) is 51.2 Å². The Morgan fingerprint density at radius 3 is 2.43 bits per heavy atom. The van der Waals surface area contributed by atoms with E-state index in [9.17, 15) is 18.0 Å². The van der Waals surface area contributed by atoms with Crippen LogP contribution in [0.2, 0.25) is 0 Å². The van der Waals surface area contributed by atoms with Gasteiger partial charge < -0.3 is 10.1 Å². The van der Waals surface area contributed by atoms with Crippen molar-refractivity contribution in [2.24, 2.45) is 5.41 Å². The maximum absolute atomic E-state index is 12.0. The molecule has 0 aliphatic rings. The van der Waals surface area contributed by atoms with Gasteiger partial charge in [0.05, 0.1) is 0 Å². The van der Waals surface area contributed by atoms with Gasteiger partial charge in [-0.2, -0.15) is 13.2 Å². The minimum absolute atomic E-state index is 0.0834. The molecule has 0 aliphatic heterocycles. The molecule has 7 heteroatoms. The number of nitrogens with zero attached hydrogens (tertiary/aromatic N) is 1. The molecule has 1 amide bonds. The number of halogens is 3. The fraction of sp³-hybridized carbons (Fsp3) is 0.571. The number of hydrogen-bond donors (Lipinski definition) is 1. The van der Waals surface area contributed by atoms with Gasteiger partial charge in [-0.15, -0.1) is 0 Å². The summed E-state index contributed by atoms with van der Waals surface area (Å²) >= 11 is 0. The molecule has 21 heavy (non-hydrogen) atoms. The van der Waals surface area contributed by atoms with Gasteiger partial charge in [0.15, 0.2) is 6.61 Å². The van der Waals surface area contributed by atoms with E-state index in [2.05, 4.69) is 15.0 Å². The van der Waals surface area contributed by atoms with E-state index in [-0.39, 0.29) is 23.7 Å². The lowest BCUT2D eigenvalue weighted by Crippen LogP contribution is -2.27. The molecule has 1 heterocycles. The molecule has 0 fully saturated rings. The lowest BCUT2D eigenvalue weighted by molar-refractivity contribution is -0.154. The lowest BCUT2D eigenvalue weighted by atomic mass is 9.92. The van der Waals surface area contributed by atoms with Gasteiger partial charge in [0.2, 0.25) is 11.8 Å². The first-order chi connectivity index (χ1) is 9.55. The van der Waals surface area contributed by atoms with Crippen molar-refractivity contribution in [2.75, 3.05) is 6.61 Å². The van der Waals surface area contributed by atoms with Crippen LogP contribution in [0.15, 0.2) is 18.3 Å². The van der Waals surface area contributed by atoms with Crippen LogP contribution >= 0.6 is 0 Å². The van der Waals surface area contributed by atoms with Gasteiger partial charge in [-0.25, -0.2) is 4.98 Å². The highest BCUT2D eigenvalue weighted by Crippen LogP contribution is 2.18. The molecule has 0 aliphatic carbocycles. The second-order valence-corrected chi connectivity index (χ2v) is 5.92. The average molecular weight is 304 g/mol. The summed E-state index contributed by atoms with van der Waals surface area (Å²) in [5.74, 6) is -0.183. The van der Waals surface area contributed by atoms with Crippen molar-refractivity contribution >= 4 is 5.91 Å². The first-order valence-electron chi connectivity index (χ1n) is 6.46. The number of rotatable bonds is 5. The lowest BCUT2D eigenvalue weighted by Gasteiger charge is -2.17. The standard InChI is InChI=1S/C14H19F3N2O2/c1-13(2,3)6-11(20)18-7-10-4-5-12(19-8-10)21-9-14(15,16)17/h4-5,8H,6-7,9H2,1-3H3,(H,18,20). The molecule has 0 saturated carbocycles. The number of amides is 1. The van der Waals surface area contributed by atoms with Crippen LogP contribution in [0.25, 0.3) is 0 Å². The Labute approximate surface area is 121 Å². The van der Waals surface area contributed by atoms with E-state index in [1.807, 2.05) is 20.8 Å². The Hall–Kier alpha value is -1.79. The zero-order valence-electron chi connectivity index (χ0n) is 12.3. The van der Waals surface area contributed by atoms with E-state index in [4.69, 9.17) is 0 Å². The molecule has 118 valence electrons. The molecule has 0 unspecified atom stereocenters. The highest BCUT2D eigenvalue weighted by molar-refractivity contribution is 5.76. The van der Waals surface area contributed by atoms with E-state index in [0.29, 0.717) is 12.0 Å². The highest BCUT2D eigenvalue weighted by atomic mass is 19.4. The van der Waals surface area contributed by atoms with Gasteiger partial charge in [-0.05, 0) is 11.0 Å². The molecule has 0 spiro atoms. The third-order valence-corrected chi connectivity index (χ3v) is 2.36. The Morgan fingerprint density at radius 1 is 1.29 bits per heavy atom. The summed E-state index contributed by atoms with van der Waals surface area (Å²) in [6.45, 7) is 4.78. The predicted octanol–water partition coefficient (Wildman–Crippen LogP) is 3.08. The quantitative estimate of drug-likeness (QED) is 0.909. The maximum atomic E-state index is 12.0. The van der Waals surface area contributed by atoms with Crippen molar-refractivity contribution in [1.82, 2.24) is 10.3 Å². The maximum Gasteiger partial charge on any atom is 0.422 e. The number of hydrogen-bond acceptors (Lipinski definition) is 3. The number of ether oxygens (including phenoxy) is 1. The molecule has 0 saturated heterocycles. The second-order valence-electron chi connectivity index (χ2n) is 5.92. The molecule has 0 aromatic carbocycles. The molecule has 1 aromatic heterocycles. The van der Waals surface area contributed by atoms with Crippen molar-refractivity contribution in [3.8, 4) is 5.88 Å². The van der Waals surface area contributed by atoms with Crippen LogP contribution in [0.1, 0.15) is 32.8 Å². The molecule has 1 aromatic rings. The van der Waals surface area contributed by atoms with Gasteiger partial charge >= 0.3 is 6.18 Å². The highest BCUT2D eigenvalue weighted by Gasteiger charge is 2.28. The third kappa shape index (κ3) is 8.16. The normalized spacial score (nSPS) is 12.1. The van der Waals surface area contributed by atoms with Crippen molar-refractivity contribution < 1.29 is 22.7 Å². The monoisotopic (exact) mass is 304 g/mol. The molecule has 0 radical (unpaired) electrons. The van der Waals surface area contributed by atoms with Gasteiger partial charge in [0.25, 0.3) is 0 Å². The summed E-state index contributed by atoms with van der Waals surface area (Å²) in [6, 6.07) is 2.91. The Balaban J connectivity index is 2.43. The average Bonchev–Trinajstić information content (AvgIpc) is 2.32. The summed E-state index contributed by atoms with van der Waals surface area (Å²) in [7, 11) is 0. The SMILES string of the molecule is CC(C)(C)CC(=O)NCc1ccc(OCC(F)(F)F)nc1. The number of pyridine rings is 1. The van der Waals surface area contributed by atoms with E-state index in [0.717, 1.165) is 0 Å². The van der Waals surface area contributed by atoms with Gasteiger partial charge in [0.1, 0.15) is 0 Å². The summed E-state index contributed by atoms with van der Waals surface area (Å²) in [4.78, 5) is 15.4. The first kappa shape index (κ1) is 17.3. The van der Waals surface area contributed by atoms with Crippen molar-refractivity contribution in [1.29, 1.82) is 0 Å². The van der Waals surface area contributed by atoms with E-state index >= 15 is 0 Å². The predicted molar refractivity (Wildman–Crippen MR) is 71.7 cm³/mol. The van der Waals surface area contributed by atoms with Gasteiger partial charge in [-0.1, -0.05) is 26.8 Å². The van der Waals surface area contributed by atoms with Crippen molar-refractivity contribution in [3.05, 3.63) is 23.9 Å². The zero-order valence-corrected chi connectivity index (χ0v) is 12.3. The fourth-order valence-electron chi connectivity index (χ4n) is 1.50. The second kappa shape index (κ2) is 6.78. The molecule has 4 nitrogen and oxygen atoms in total. The summed E-state index contributed by atoms with van der Waals surface area (Å²) < 4.78 is 40.4. The minimum atomic E-state index is -4.39. The van der Waals surface area contributed by atoms with E-state index in [1.165, 1.54) is 12.3 Å². The number of carbonyl (C=O) groups is 1. The van der Waals surface area contributed by atoms with Crippen molar-refractivity contribution in [2.45, 2.75) is 39.9 Å². The fourth-order valence-corrected chi connectivity index (χ4v) is 1.50. The molecule has 1 rings (SSSR count). The molecular weight excluding hydrogens is 285 g/mol. The number of nitrogens with one attached hydrogen (secondary N) is 1. The summed E-state index contributed by atoms with van der Waals surface area (Å²) in [5.41, 5.74) is 0.592. The molecule has 0 atom stereocenters. The van der Waals surface area contributed by atoms with Crippen LogP contribution in [0.5, 0.6) is 5.88 Å². The number of carbonyl (C=O) groups excluding carboxylic acids is 1. The van der Waals surface area contributed by atoms with Crippen LogP contribution in [-0.2, 0) is 11.3 Å². The van der Waals surface area contributed by atoms with Crippen LogP contribution in [0.4, 0.5) is 13.2 Å². The summed E-state index contributed by atoms with van der Waals surface area (Å²) in [6.07, 6.45) is -2.61. The van der Waals surface area contributed by atoms with Crippen LogP contribution in [0, 0.1) is 5.41 Å². The first-order valence-corrected chi connectivity index (χ1v) is 6.46. The van der Waals surface area contributed by atoms with Crippen molar-refractivity contribution in [3.63, 3.8) is 0 Å². The number of alkyl halides is 3. The summed E-state index contributed by atoms with van der Waals surface area (Å²) in [5, 5.41) is 2.73. The Morgan fingerprint density at radius 2 is 1.95 bits per heavy atom. The molecule has 1 N–H and O–H groups in total. The molecular formula is C14H19F3N2O2. The zero-order chi connectivity index (χ0) is 16.1.